The molecule has 0 amide bonds. The van der Waals surface area contributed by atoms with Gasteiger partial charge in [0.05, 0.1) is 0 Å². The van der Waals surface area contributed by atoms with Gasteiger partial charge in [0.2, 0.25) is 0 Å². The monoisotopic (exact) mass is 868 g/mol. The topological polar surface area (TPSA) is 25.8 Å². The number of hydrogen-bond acceptors (Lipinski definition) is 2. The van der Waals surface area contributed by atoms with E-state index in [1.54, 1.807) is 0 Å². The Balaban J connectivity index is 0.00000257. The Morgan fingerprint density at radius 3 is 1.18 bits per heavy atom. The Hall–Kier alpha value is -3.44. The van der Waals surface area contributed by atoms with Crippen LogP contribution >= 0.6 is 0 Å². The van der Waals surface area contributed by atoms with Crippen molar-refractivity contribution in [3.8, 4) is 22.3 Å². The number of halogens is 2. The van der Waals surface area contributed by atoms with Crippen LogP contribution < -0.4 is 35.2 Å². The second-order valence-electron chi connectivity index (χ2n) is 16.9. The summed E-state index contributed by atoms with van der Waals surface area (Å²) < 4.78 is 0.684. The van der Waals surface area contributed by atoms with Crippen LogP contribution in [0.1, 0.15) is 52.0 Å². The van der Waals surface area contributed by atoms with Gasteiger partial charge in [0.25, 0.3) is 0 Å². The zero-order valence-corrected chi connectivity index (χ0v) is 39.0. The van der Waals surface area contributed by atoms with Gasteiger partial charge in [-0.1, -0.05) is 0 Å². The molecule has 276 valence electrons. The fourth-order valence-electron chi connectivity index (χ4n) is 7.85. The van der Waals surface area contributed by atoms with Crippen LogP contribution in [-0.4, -0.2) is 26.1 Å². The number of benzene rings is 4. The average molecular weight is 871 g/mol. The van der Waals surface area contributed by atoms with Gasteiger partial charge < -0.3 is 24.8 Å². The minimum Gasteiger partial charge on any atom is -1.00 e. The first-order valence-electron chi connectivity index (χ1n) is 18.9. The maximum atomic E-state index is 5.06. The minimum absolute atomic E-state index is 0. The molecule has 0 bridgehead atoms. The fraction of sp³-hybridized carbons (Fsp3) is 0.208. The summed E-state index contributed by atoms with van der Waals surface area (Å²) in [5.41, 5.74) is 18.2. The first-order chi connectivity index (χ1) is 25.3. The van der Waals surface area contributed by atoms with Crippen molar-refractivity contribution in [2.45, 2.75) is 60.4 Å². The summed E-state index contributed by atoms with van der Waals surface area (Å²) in [4.78, 5) is 10.1. The van der Waals surface area contributed by atoms with Gasteiger partial charge in [0.15, 0.2) is 0 Å². The third-order valence-electron chi connectivity index (χ3n) is 11.0. The molecule has 2 atom stereocenters. The van der Waals surface area contributed by atoms with Crippen LogP contribution in [0.15, 0.2) is 122 Å². The van der Waals surface area contributed by atoms with E-state index in [0.29, 0.717) is 7.25 Å². The van der Waals surface area contributed by atoms with E-state index < -0.39 is 39.4 Å². The van der Waals surface area contributed by atoms with Gasteiger partial charge in [-0.05, 0) is 0 Å². The van der Waals surface area contributed by atoms with Crippen LogP contribution in [0.2, 0.25) is 39.3 Å². The van der Waals surface area contributed by atoms with Gasteiger partial charge in [-0.25, -0.2) is 0 Å². The molecule has 2 heterocycles. The van der Waals surface area contributed by atoms with Gasteiger partial charge >= 0.3 is 332 Å². The van der Waals surface area contributed by atoms with Gasteiger partial charge in [0.1, 0.15) is 0 Å². The Bertz CT molecular complexity index is 2220. The number of fused-ring (bicyclic) bond motifs is 2. The largest absolute Gasteiger partial charge is 1.00 e. The van der Waals surface area contributed by atoms with E-state index >= 15 is 0 Å². The molecule has 6 aromatic rings. The SMILES string of the molecule is Cc1ccc(C2=Cc3c(-c4ccc([Si](C)(C)C)cc4)cccc3[CH]2[Zr+2][CH]2C(c3ccc(C)cn3)=Cc3c(-c4ccc([Si](C)(C)C)cc4)cccc32)nc1.[Cl-].[Cl-]. The summed E-state index contributed by atoms with van der Waals surface area (Å²) in [7, 11) is -2.79. The zero-order chi connectivity index (χ0) is 37.1. The molecule has 0 saturated carbocycles. The van der Waals surface area contributed by atoms with Crippen LogP contribution in [0.5, 0.6) is 0 Å². The number of nitrogens with zero attached hydrogens (tertiary/aromatic N) is 2. The van der Waals surface area contributed by atoms with Crippen LogP contribution in [0.25, 0.3) is 45.6 Å². The smallest absolute Gasteiger partial charge is 1.00 e. The molecule has 2 aliphatic rings. The molecule has 0 radical (unpaired) electrons. The normalized spacial score (nSPS) is 15.9. The molecule has 2 aromatic heterocycles. The van der Waals surface area contributed by atoms with Crippen molar-refractivity contribution in [2.24, 2.45) is 0 Å². The van der Waals surface area contributed by atoms with Gasteiger partial charge in [-0.2, -0.15) is 0 Å². The van der Waals surface area contributed by atoms with E-state index in [9.17, 15) is 0 Å². The molecule has 0 N–H and O–H groups in total. The van der Waals surface area contributed by atoms with Crippen molar-refractivity contribution in [2.75, 3.05) is 0 Å². The fourth-order valence-corrected chi connectivity index (χ4v) is 15.1. The second-order valence-corrected chi connectivity index (χ2v) is 30.8. The van der Waals surface area contributed by atoms with Crippen molar-refractivity contribution in [3.63, 3.8) is 0 Å². The molecular weight excluding hydrogens is 823 g/mol. The first kappa shape index (κ1) is 41.2. The summed E-state index contributed by atoms with van der Waals surface area (Å²) in [5, 5.41) is 2.99. The van der Waals surface area contributed by atoms with Gasteiger partial charge in [0, 0.05) is 0 Å². The van der Waals surface area contributed by atoms with Crippen molar-refractivity contribution >= 4 is 49.8 Å². The summed E-state index contributed by atoms with van der Waals surface area (Å²) in [6.07, 6.45) is 9.03. The third-order valence-corrected chi connectivity index (χ3v) is 19.8. The van der Waals surface area contributed by atoms with Crippen molar-refractivity contribution in [3.05, 3.63) is 166 Å². The number of rotatable bonds is 8. The maximum absolute atomic E-state index is 5.06. The third kappa shape index (κ3) is 8.20. The molecule has 55 heavy (non-hydrogen) atoms. The van der Waals surface area contributed by atoms with Crippen LogP contribution in [0.3, 0.4) is 0 Å². The van der Waals surface area contributed by atoms with E-state index in [1.165, 1.54) is 77.2 Å². The molecule has 0 spiro atoms. The predicted molar refractivity (Wildman–Crippen MR) is 229 cm³/mol. The van der Waals surface area contributed by atoms with Gasteiger partial charge in [-0.15, -0.1) is 0 Å². The van der Waals surface area contributed by atoms with Crippen molar-refractivity contribution < 1.29 is 48.0 Å². The minimum atomic E-state index is -1.39. The molecule has 2 aliphatic carbocycles. The van der Waals surface area contributed by atoms with E-state index in [4.69, 9.17) is 9.97 Å². The van der Waals surface area contributed by atoms with E-state index in [0.717, 1.165) is 11.4 Å². The molecule has 7 heteroatoms. The zero-order valence-electron chi connectivity index (χ0n) is 33.0. The Morgan fingerprint density at radius 2 is 0.855 bits per heavy atom. The Morgan fingerprint density at radius 1 is 0.473 bits per heavy atom. The Labute approximate surface area is 354 Å². The second kappa shape index (κ2) is 16.2. The number of pyridine rings is 2. The van der Waals surface area contributed by atoms with Crippen molar-refractivity contribution in [1.82, 2.24) is 9.97 Å². The first-order valence-corrected chi connectivity index (χ1v) is 28.7. The molecule has 4 aromatic carbocycles. The van der Waals surface area contributed by atoms with E-state index in [1.807, 2.05) is 12.4 Å². The summed E-state index contributed by atoms with van der Waals surface area (Å²) >= 11 is -1.31. The summed E-state index contributed by atoms with van der Waals surface area (Å²) in [5.74, 6) is 0. The maximum Gasteiger partial charge on any atom is -1.00 e. The number of hydrogen-bond donors (Lipinski definition) is 0. The molecule has 2 unspecified atom stereocenters. The summed E-state index contributed by atoms with van der Waals surface area (Å²) in [6, 6.07) is 41.8. The van der Waals surface area contributed by atoms with E-state index in [-0.39, 0.29) is 24.8 Å². The molecule has 0 saturated heterocycles. The molecule has 0 fully saturated rings. The average Bonchev–Trinajstić information content (AvgIpc) is 3.70. The molecule has 0 aliphatic heterocycles. The van der Waals surface area contributed by atoms with Crippen molar-refractivity contribution in [1.29, 1.82) is 0 Å². The number of aryl methyl sites for hydroxylation is 2. The van der Waals surface area contributed by atoms with Crippen LogP contribution in [0, 0.1) is 13.8 Å². The number of aromatic nitrogens is 2. The Kier molecular flexibility index (Phi) is 12.1. The van der Waals surface area contributed by atoms with E-state index in [2.05, 4.69) is 174 Å². The van der Waals surface area contributed by atoms with Crippen LogP contribution in [0.4, 0.5) is 0 Å². The summed E-state index contributed by atoms with van der Waals surface area (Å²) in [6.45, 7) is 18.8. The molecular formula is C48H48Cl2N2Si2Zr. The quantitative estimate of drug-likeness (QED) is 0.189. The van der Waals surface area contributed by atoms with Gasteiger partial charge in [-0.3, -0.25) is 0 Å². The predicted octanol–water partition coefficient (Wildman–Crippen LogP) is 5.50. The molecule has 8 rings (SSSR count). The standard InChI is InChI=1S/2C24H24NSi.2ClH.Zr/c2*1-17-8-13-24(25-16-17)20-14-19-6-5-7-22(23(19)15-20)18-9-11-21(12-10-18)26(2,3)4;;;/h2*5-16H,1-4H3;2*1H;/q;;;;+2/p-2. The molecule has 2 nitrogen and oxygen atoms in total. The van der Waals surface area contributed by atoms with Crippen LogP contribution in [-0.2, 0) is 23.2 Å². The number of allylic oxidation sites excluding steroid dienone is 2.